The summed E-state index contributed by atoms with van der Waals surface area (Å²) in [7, 11) is 0. The molecule has 1 aliphatic rings. The zero-order valence-corrected chi connectivity index (χ0v) is 20.9. The quantitative estimate of drug-likeness (QED) is 0.251. The van der Waals surface area contributed by atoms with Gasteiger partial charge in [0.05, 0.1) is 0 Å². The van der Waals surface area contributed by atoms with E-state index in [2.05, 4.69) is 104 Å². The normalized spacial score (nSPS) is 16.8. The minimum Gasteiger partial charge on any atom is -0.507 e. The van der Waals surface area contributed by atoms with E-state index in [1.165, 1.54) is 50.2 Å². The second-order valence-corrected chi connectivity index (χ2v) is 10.4. The van der Waals surface area contributed by atoms with Crippen LogP contribution in [0.25, 0.3) is 54.9 Å². The minimum atomic E-state index is 0.303. The van der Waals surface area contributed by atoms with Gasteiger partial charge in [-0.3, -0.25) is 0 Å². The summed E-state index contributed by atoms with van der Waals surface area (Å²) in [5, 5.41) is 15.8. The van der Waals surface area contributed by atoms with E-state index in [-0.39, 0.29) is 0 Å². The van der Waals surface area contributed by atoms with Gasteiger partial charge in [0.15, 0.2) is 0 Å². The topological polar surface area (TPSA) is 20.2 Å². The van der Waals surface area contributed by atoms with Crippen LogP contribution in [-0.2, 0) is 0 Å². The van der Waals surface area contributed by atoms with Gasteiger partial charge >= 0.3 is 0 Å². The van der Waals surface area contributed by atoms with Crippen molar-refractivity contribution in [1.82, 2.24) is 0 Å². The van der Waals surface area contributed by atoms with Gasteiger partial charge in [-0.1, -0.05) is 116 Å². The highest BCUT2D eigenvalue weighted by atomic mass is 16.3. The summed E-state index contributed by atoms with van der Waals surface area (Å²) in [6.45, 7) is 2.34. The minimum absolute atomic E-state index is 0.303. The second-order valence-electron chi connectivity index (χ2n) is 10.4. The number of phenols is 1. The number of hydrogen-bond donors (Lipinski definition) is 1. The largest absolute Gasteiger partial charge is 0.507 e. The van der Waals surface area contributed by atoms with Crippen molar-refractivity contribution in [1.29, 1.82) is 0 Å². The summed E-state index contributed by atoms with van der Waals surface area (Å²) < 4.78 is 0. The average Bonchev–Trinajstić information content (AvgIpc) is 3.69. The molecule has 1 nitrogen and oxygen atoms in total. The zero-order valence-electron chi connectivity index (χ0n) is 20.9. The van der Waals surface area contributed by atoms with Gasteiger partial charge < -0.3 is 5.11 Å². The SMILES string of the molecule is CC1C[C@H]1c1ccc2c(-c3ccccc3)c3ccccc3c(-c3ccc(O)c(-c4ccccc4)c3)c2c1. The standard InChI is InChI=1S/C36H28O/c1-23-20-31(23)26-16-18-30-33(21-26)36(27-17-19-34(37)32(22-27)24-10-4-2-5-11-24)29-15-9-8-14-28(29)35(30)25-12-6-3-7-13-25/h2-19,21-23,31,37H,20H2,1H3/t23?,31-/m1/s1. The fourth-order valence-electron chi connectivity index (χ4n) is 5.98. The lowest BCUT2D eigenvalue weighted by Gasteiger charge is -2.19. The third kappa shape index (κ3) is 3.70. The highest BCUT2D eigenvalue weighted by Crippen LogP contribution is 2.50. The Kier molecular flexibility index (Phi) is 5.11. The molecule has 0 bridgehead atoms. The molecular formula is C36H28O. The molecule has 37 heavy (non-hydrogen) atoms. The highest BCUT2D eigenvalue weighted by molar-refractivity contribution is 6.21. The lowest BCUT2D eigenvalue weighted by molar-refractivity contribution is 0.477. The van der Waals surface area contributed by atoms with Gasteiger partial charge in [0.25, 0.3) is 0 Å². The Morgan fingerprint density at radius 3 is 1.76 bits per heavy atom. The van der Waals surface area contributed by atoms with Crippen LogP contribution in [0.5, 0.6) is 5.75 Å². The van der Waals surface area contributed by atoms with Crippen LogP contribution >= 0.6 is 0 Å². The van der Waals surface area contributed by atoms with Gasteiger partial charge in [0.2, 0.25) is 0 Å². The second kappa shape index (κ2) is 8.64. The first-order valence-electron chi connectivity index (χ1n) is 13.1. The first kappa shape index (κ1) is 21.9. The molecule has 0 heterocycles. The van der Waals surface area contributed by atoms with Crippen LogP contribution in [0.15, 0.2) is 121 Å². The fourth-order valence-corrected chi connectivity index (χ4v) is 5.98. The molecule has 2 atom stereocenters. The smallest absolute Gasteiger partial charge is 0.123 e. The molecule has 1 aliphatic carbocycles. The molecule has 1 saturated carbocycles. The lowest BCUT2D eigenvalue weighted by Crippen LogP contribution is -1.93. The van der Waals surface area contributed by atoms with Gasteiger partial charge in [-0.2, -0.15) is 0 Å². The van der Waals surface area contributed by atoms with E-state index in [9.17, 15) is 5.11 Å². The molecule has 0 radical (unpaired) electrons. The maximum Gasteiger partial charge on any atom is 0.123 e. The van der Waals surface area contributed by atoms with Crippen molar-refractivity contribution in [2.24, 2.45) is 5.92 Å². The molecule has 1 N–H and O–H groups in total. The van der Waals surface area contributed by atoms with Crippen molar-refractivity contribution in [2.45, 2.75) is 19.3 Å². The van der Waals surface area contributed by atoms with Crippen molar-refractivity contribution in [3.63, 3.8) is 0 Å². The molecule has 178 valence electrons. The van der Waals surface area contributed by atoms with Crippen LogP contribution in [0.3, 0.4) is 0 Å². The fraction of sp³-hybridized carbons (Fsp3) is 0.111. The molecule has 0 spiro atoms. The summed E-state index contributed by atoms with van der Waals surface area (Å²) in [6, 6.07) is 42.9. The van der Waals surface area contributed by atoms with Gasteiger partial charge in [-0.05, 0) is 85.3 Å². The van der Waals surface area contributed by atoms with E-state index in [0.717, 1.165) is 22.6 Å². The summed E-state index contributed by atoms with van der Waals surface area (Å²) in [4.78, 5) is 0. The van der Waals surface area contributed by atoms with E-state index in [1.54, 1.807) is 0 Å². The molecule has 0 saturated heterocycles. The third-order valence-corrected chi connectivity index (χ3v) is 8.02. The van der Waals surface area contributed by atoms with E-state index in [0.29, 0.717) is 11.7 Å². The van der Waals surface area contributed by atoms with Gasteiger partial charge in [0.1, 0.15) is 5.75 Å². The highest BCUT2D eigenvalue weighted by Gasteiger charge is 2.34. The average molecular weight is 477 g/mol. The van der Waals surface area contributed by atoms with Crippen molar-refractivity contribution in [3.05, 3.63) is 127 Å². The molecule has 0 aliphatic heterocycles. The Morgan fingerprint density at radius 2 is 1.11 bits per heavy atom. The Hall–Kier alpha value is -4.36. The van der Waals surface area contributed by atoms with Crippen molar-refractivity contribution in [2.75, 3.05) is 0 Å². The molecule has 0 amide bonds. The number of benzene rings is 6. The summed E-state index contributed by atoms with van der Waals surface area (Å²) in [5.41, 5.74) is 8.18. The Morgan fingerprint density at radius 1 is 0.541 bits per heavy atom. The third-order valence-electron chi connectivity index (χ3n) is 8.02. The molecule has 6 aromatic carbocycles. The van der Waals surface area contributed by atoms with Crippen molar-refractivity contribution < 1.29 is 5.11 Å². The number of fused-ring (bicyclic) bond motifs is 2. The summed E-state index contributed by atoms with van der Waals surface area (Å²) in [6.07, 6.45) is 1.26. The predicted octanol–water partition coefficient (Wildman–Crippen LogP) is 9.82. The predicted molar refractivity (Wildman–Crippen MR) is 156 cm³/mol. The monoisotopic (exact) mass is 476 g/mol. The maximum atomic E-state index is 10.8. The first-order chi connectivity index (χ1) is 18.2. The Balaban J connectivity index is 1.59. The van der Waals surface area contributed by atoms with Crippen LogP contribution in [0.2, 0.25) is 0 Å². The summed E-state index contributed by atoms with van der Waals surface area (Å²) in [5.74, 6) is 1.69. The van der Waals surface area contributed by atoms with Crippen LogP contribution in [0.4, 0.5) is 0 Å². The molecule has 0 aromatic heterocycles. The van der Waals surface area contributed by atoms with Crippen LogP contribution < -0.4 is 0 Å². The van der Waals surface area contributed by atoms with Gasteiger partial charge in [-0.15, -0.1) is 0 Å². The van der Waals surface area contributed by atoms with Crippen LogP contribution in [-0.4, -0.2) is 5.11 Å². The molecule has 7 rings (SSSR count). The van der Waals surface area contributed by atoms with E-state index >= 15 is 0 Å². The lowest BCUT2D eigenvalue weighted by atomic mass is 9.84. The molecule has 1 unspecified atom stereocenters. The van der Waals surface area contributed by atoms with Gasteiger partial charge in [0, 0.05) is 5.56 Å². The number of hydrogen-bond acceptors (Lipinski definition) is 1. The Labute approximate surface area is 217 Å². The zero-order chi connectivity index (χ0) is 24.9. The van der Waals surface area contributed by atoms with E-state index in [4.69, 9.17) is 0 Å². The number of aromatic hydroxyl groups is 1. The maximum absolute atomic E-state index is 10.8. The number of phenolic OH excluding ortho intramolecular Hbond substituents is 1. The van der Waals surface area contributed by atoms with Crippen molar-refractivity contribution >= 4 is 21.5 Å². The molecule has 1 fully saturated rings. The number of rotatable bonds is 4. The molecular weight excluding hydrogens is 448 g/mol. The molecule has 1 heteroatoms. The van der Waals surface area contributed by atoms with E-state index < -0.39 is 0 Å². The first-order valence-corrected chi connectivity index (χ1v) is 13.1. The molecule has 6 aromatic rings. The van der Waals surface area contributed by atoms with Crippen molar-refractivity contribution in [3.8, 4) is 39.1 Å². The van der Waals surface area contributed by atoms with Crippen LogP contribution in [0, 0.1) is 5.92 Å². The van der Waals surface area contributed by atoms with Gasteiger partial charge in [-0.25, -0.2) is 0 Å². The van der Waals surface area contributed by atoms with Crippen LogP contribution in [0.1, 0.15) is 24.8 Å². The summed E-state index contributed by atoms with van der Waals surface area (Å²) >= 11 is 0. The van der Waals surface area contributed by atoms with E-state index in [1.807, 2.05) is 24.3 Å². The Bertz CT molecular complexity index is 1770.